The number of anilines is 1. The van der Waals surface area contributed by atoms with Gasteiger partial charge in [-0.2, -0.15) is 13.7 Å². The zero-order valence-corrected chi connectivity index (χ0v) is 21.8. The molecule has 0 bridgehead atoms. The number of benzene rings is 3. The number of hydrogen-bond acceptors (Lipinski definition) is 7. The fourth-order valence-corrected chi connectivity index (χ4v) is 5.39. The van der Waals surface area contributed by atoms with Crippen molar-refractivity contribution >= 4 is 65.3 Å². The number of amides is 1. The predicted molar refractivity (Wildman–Crippen MR) is 136 cm³/mol. The molecule has 0 spiro atoms. The number of carbonyl (C=O) groups excluding carboxylic acids is 1. The second-order valence-corrected chi connectivity index (χ2v) is 10.3. The lowest BCUT2D eigenvalue weighted by Crippen LogP contribution is -2.14. The number of nitriles is 1. The van der Waals surface area contributed by atoms with Gasteiger partial charge in [-0.3, -0.25) is 14.9 Å². The lowest BCUT2D eigenvalue weighted by atomic mass is 10.1. The van der Waals surface area contributed by atoms with Crippen LogP contribution in [0.25, 0.3) is 6.08 Å². The molecule has 0 aliphatic carbocycles. The van der Waals surface area contributed by atoms with E-state index in [1.807, 2.05) is 25.1 Å². The second-order valence-electron chi connectivity index (χ2n) is 7.09. The fourth-order valence-electron chi connectivity index (χ4n) is 2.84. The van der Waals surface area contributed by atoms with Crippen molar-refractivity contribution in [3.05, 3.63) is 96.4 Å². The Hall–Kier alpha value is -3.53. The summed E-state index contributed by atoms with van der Waals surface area (Å²) in [5.41, 5.74) is 1.48. The highest BCUT2D eigenvalue weighted by Gasteiger charge is 2.18. The van der Waals surface area contributed by atoms with Crippen molar-refractivity contribution in [1.29, 1.82) is 5.26 Å². The van der Waals surface area contributed by atoms with Crippen LogP contribution in [0.4, 0.5) is 11.4 Å². The maximum Gasteiger partial charge on any atom is 0.339 e. The Morgan fingerprint density at radius 3 is 2.17 bits per heavy atom. The number of rotatable bonds is 7. The summed E-state index contributed by atoms with van der Waals surface area (Å²) >= 11 is 6.77. The number of halogens is 2. The van der Waals surface area contributed by atoms with Gasteiger partial charge >= 0.3 is 10.1 Å². The Kier molecular flexibility index (Phi) is 8.06. The number of nitrogens with one attached hydrogen (secondary N) is 1. The largest absolute Gasteiger partial charge is 0.379 e. The van der Waals surface area contributed by atoms with Crippen LogP contribution in [-0.4, -0.2) is 19.2 Å². The van der Waals surface area contributed by atoms with Crippen LogP contribution in [0.2, 0.25) is 0 Å². The van der Waals surface area contributed by atoms with E-state index in [1.165, 1.54) is 30.3 Å². The van der Waals surface area contributed by atoms with Gasteiger partial charge in [-0.05, 0) is 92.4 Å². The molecule has 3 rings (SSSR count). The quantitative estimate of drug-likeness (QED) is 0.117. The van der Waals surface area contributed by atoms with Gasteiger partial charge in [0.05, 0.1) is 10.6 Å². The smallest absolute Gasteiger partial charge is 0.339 e. The van der Waals surface area contributed by atoms with Gasteiger partial charge in [0, 0.05) is 21.1 Å². The summed E-state index contributed by atoms with van der Waals surface area (Å²) in [4.78, 5) is 22.5. The second kappa shape index (κ2) is 10.8. The van der Waals surface area contributed by atoms with Crippen LogP contribution in [-0.2, 0) is 14.9 Å². The van der Waals surface area contributed by atoms with E-state index >= 15 is 0 Å². The summed E-state index contributed by atoms with van der Waals surface area (Å²) < 4.78 is 31.2. The van der Waals surface area contributed by atoms with E-state index in [0.29, 0.717) is 20.2 Å². The molecule has 0 saturated heterocycles. The zero-order valence-electron chi connectivity index (χ0n) is 17.9. The van der Waals surface area contributed by atoms with Crippen LogP contribution in [0.3, 0.4) is 0 Å². The van der Waals surface area contributed by atoms with E-state index < -0.39 is 20.9 Å². The van der Waals surface area contributed by atoms with Crippen LogP contribution in [0.15, 0.2) is 80.1 Å². The fraction of sp³-hybridized carbons (Fsp3) is 0.0435. The van der Waals surface area contributed by atoms with Crippen molar-refractivity contribution in [2.24, 2.45) is 0 Å². The molecule has 3 aromatic carbocycles. The third kappa shape index (κ3) is 6.54. The number of nitro benzene ring substituents is 1. The van der Waals surface area contributed by atoms with Crippen LogP contribution in [0.5, 0.6) is 5.75 Å². The average molecular weight is 621 g/mol. The first-order chi connectivity index (χ1) is 16.5. The van der Waals surface area contributed by atoms with Gasteiger partial charge in [0.25, 0.3) is 11.6 Å². The van der Waals surface area contributed by atoms with Gasteiger partial charge < -0.3 is 9.50 Å². The molecule has 35 heavy (non-hydrogen) atoms. The van der Waals surface area contributed by atoms with Gasteiger partial charge in [0.15, 0.2) is 0 Å². The summed E-state index contributed by atoms with van der Waals surface area (Å²) in [5, 5.41) is 22.9. The van der Waals surface area contributed by atoms with Crippen LogP contribution in [0, 0.1) is 28.4 Å². The molecule has 12 heteroatoms. The topological polar surface area (TPSA) is 139 Å². The van der Waals surface area contributed by atoms with Crippen molar-refractivity contribution in [1.82, 2.24) is 0 Å². The van der Waals surface area contributed by atoms with Crippen molar-refractivity contribution in [3.63, 3.8) is 0 Å². The Morgan fingerprint density at radius 1 is 1.09 bits per heavy atom. The molecule has 0 aliphatic rings. The highest BCUT2D eigenvalue weighted by atomic mass is 79.9. The molecule has 0 atom stereocenters. The SMILES string of the molecule is Cc1cc(Br)c(NC(=O)/C(C#N)=C/c2ccc(OS(=O)(=O)c3ccc([N+](=O)[O-])cc3)cc2)c(Br)c1. The van der Waals surface area contributed by atoms with E-state index in [-0.39, 0.29) is 21.9 Å². The van der Waals surface area contributed by atoms with Gasteiger partial charge in [-0.15, -0.1) is 0 Å². The first kappa shape index (κ1) is 26.1. The van der Waals surface area contributed by atoms with E-state index in [4.69, 9.17) is 4.18 Å². The van der Waals surface area contributed by atoms with E-state index in [2.05, 4.69) is 37.2 Å². The molecule has 0 heterocycles. The molecule has 0 fully saturated rings. The lowest BCUT2D eigenvalue weighted by Gasteiger charge is -2.10. The number of aryl methyl sites for hydroxylation is 1. The van der Waals surface area contributed by atoms with Gasteiger partial charge in [0.2, 0.25) is 0 Å². The average Bonchev–Trinajstić information content (AvgIpc) is 2.80. The molecular weight excluding hydrogens is 606 g/mol. The first-order valence-electron chi connectivity index (χ1n) is 9.68. The summed E-state index contributed by atoms with van der Waals surface area (Å²) in [7, 11) is -4.22. The van der Waals surface area contributed by atoms with E-state index in [0.717, 1.165) is 29.8 Å². The predicted octanol–water partition coefficient (Wildman–Crippen LogP) is 5.74. The lowest BCUT2D eigenvalue weighted by molar-refractivity contribution is -0.384. The third-order valence-electron chi connectivity index (χ3n) is 4.52. The maximum absolute atomic E-state index is 12.6. The summed E-state index contributed by atoms with van der Waals surface area (Å²) in [6, 6.07) is 15.4. The minimum absolute atomic E-state index is 0.0176. The molecule has 0 unspecified atom stereocenters. The molecule has 9 nitrogen and oxygen atoms in total. The molecule has 1 amide bonds. The molecule has 178 valence electrons. The van der Waals surface area contributed by atoms with Gasteiger partial charge in [-0.1, -0.05) is 12.1 Å². The van der Waals surface area contributed by atoms with Crippen molar-refractivity contribution in [2.75, 3.05) is 5.32 Å². The highest BCUT2D eigenvalue weighted by Crippen LogP contribution is 2.32. The summed E-state index contributed by atoms with van der Waals surface area (Å²) in [5.74, 6) is -0.644. The Balaban J connectivity index is 1.76. The molecule has 0 aromatic heterocycles. The van der Waals surface area contributed by atoms with Crippen molar-refractivity contribution in [3.8, 4) is 11.8 Å². The number of non-ortho nitro benzene ring substituents is 1. The minimum Gasteiger partial charge on any atom is -0.379 e. The molecule has 0 saturated carbocycles. The number of hydrogen-bond donors (Lipinski definition) is 1. The van der Waals surface area contributed by atoms with Crippen molar-refractivity contribution in [2.45, 2.75) is 11.8 Å². The van der Waals surface area contributed by atoms with Gasteiger partial charge in [0.1, 0.15) is 22.3 Å². The van der Waals surface area contributed by atoms with Crippen LogP contribution in [0.1, 0.15) is 11.1 Å². The number of carbonyl (C=O) groups is 1. The Morgan fingerprint density at radius 2 is 1.66 bits per heavy atom. The Bertz CT molecular complexity index is 1460. The molecule has 0 aliphatic heterocycles. The third-order valence-corrected chi connectivity index (χ3v) is 7.04. The van der Waals surface area contributed by atoms with Crippen molar-refractivity contribution < 1.29 is 22.3 Å². The standard InChI is InChI=1S/C23H15Br2N3O6S/c1-14-10-20(24)22(21(25)11-14)27-23(29)16(13-26)12-15-2-6-18(7-3-15)34-35(32,33)19-8-4-17(5-9-19)28(30)31/h2-12H,1H3,(H,27,29)/b16-12+. The first-order valence-corrected chi connectivity index (χ1v) is 12.7. The highest BCUT2D eigenvalue weighted by molar-refractivity contribution is 9.11. The van der Waals surface area contributed by atoms with Gasteiger partial charge in [-0.25, -0.2) is 0 Å². The van der Waals surface area contributed by atoms with Crippen LogP contribution >= 0.6 is 31.9 Å². The number of nitrogens with zero attached hydrogens (tertiary/aromatic N) is 2. The van der Waals surface area contributed by atoms with E-state index in [9.17, 15) is 28.6 Å². The molecule has 3 aromatic rings. The van der Waals surface area contributed by atoms with E-state index in [1.54, 1.807) is 0 Å². The Labute approximate surface area is 217 Å². The normalized spacial score (nSPS) is 11.4. The molecule has 1 N–H and O–H groups in total. The molecule has 0 radical (unpaired) electrons. The minimum atomic E-state index is -4.22. The zero-order chi connectivity index (χ0) is 25.8. The summed E-state index contributed by atoms with van der Waals surface area (Å²) in [6.45, 7) is 1.90. The monoisotopic (exact) mass is 619 g/mol. The number of nitro groups is 1. The van der Waals surface area contributed by atoms with Crippen LogP contribution < -0.4 is 9.50 Å². The maximum atomic E-state index is 12.6. The molecular formula is C23H15Br2N3O6S. The summed E-state index contributed by atoms with van der Waals surface area (Å²) in [6.07, 6.45) is 1.35.